The Morgan fingerprint density at radius 3 is 1.79 bits per heavy atom. The van der Waals surface area contributed by atoms with Crippen LogP contribution in [0.2, 0.25) is 0 Å². The van der Waals surface area contributed by atoms with Gasteiger partial charge in [0.1, 0.15) is 5.78 Å². The van der Waals surface area contributed by atoms with Crippen LogP contribution in [0.3, 0.4) is 0 Å². The van der Waals surface area contributed by atoms with Crippen LogP contribution in [0, 0.1) is 0 Å². The highest BCUT2D eigenvalue weighted by Gasteiger charge is 2.25. The molecule has 0 saturated carbocycles. The van der Waals surface area contributed by atoms with Gasteiger partial charge in [-0.2, -0.15) is 0 Å². The van der Waals surface area contributed by atoms with E-state index in [1.165, 1.54) is 71.6 Å². The van der Waals surface area contributed by atoms with Crippen LogP contribution in [0.4, 0.5) is 0 Å². The van der Waals surface area contributed by atoms with Crippen molar-refractivity contribution >= 4 is 16.2 Å². The lowest BCUT2D eigenvalue weighted by Crippen LogP contribution is -2.30. The molecular weight excluding hydrogens is 390 g/mol. The zero-order valence-corrected chi connectivity index (χ0v) is 20.0. The van der Waals surface area contributed by atoms with Gasteiger partial charge >= 0.3 is 0 Å². The van der Waals surface area contributed by atoms with Gasteiger partial charge in [-0.3, -0.25) is 8.98 Å². The fraction of sp³-hybridized carbons (Fsp3) is 0.864. The van der Waals surface area contributed by atoms with Crippen LogP contribution in [-0.2, 0) is 19.4 Å². The molecule has 0 atom stereocenters. The molecule has 0 aromatic heterocycles. The molecule has 6 nitrogen and oxygen atoms in total. The van der Waals surface area contributed by atoms with Gasteiger partial charge in [-0.1, -0.05) is 70.4 Å². The lowest BCUT2D eigenvalue weighted by Gasteiger charge is -2.25. The Hall–Kier alpha value is -0.760. The number of hydrogen-bond acceptors (Lipinski definition) is 5. The summed E-state index contributed by atoms with van der Waals surface area (Å²) in [6, 6.07) is 0. The number of ketones is 1. The SMILES string of the molecule is CCCCCCCC/C=C\CCCCCCCC(=O)CC(C)(C)OS(=O)(=O)[O-].[NH4+]. The number of Topliss-reactive ketones (excluding diaryl/α,β-unsaturated/α-hetero) is 1. The minimum Gasteiger partial charge on any atom is -0.726 e. The van der Waals surface area contributed by atoms with Crippen LogP contribution < -0.4 is 6.15 Å². The molecule has 0 aliphatic rings. The van der Waals surface area contributed by atoms with Gasteiger partial charge in [0.15, 0.2) is 0 Å². The van der Waals surface area contributed by atoms with Crippen molar-refractivity contribution in [3.63, 3.8) is 0 Å². The van der Waals surface area contributed by atoms with Gasteiger partial charge < -0.3 is 10.7 Å². The standard InChI is InChI=1S/C22H42O5S.H3N/c1-4-5-6-7-8-9-10-11-12-13-14-15-16-17-18-19-21(23)20-22(2,3)27-28(24,25)26;/h11-12H,4-10,13-20H2,1-3H3,(H,24,25,26);1H3/b12-11-;. The van der Waals surface area contributed by atoms with Gasteiger partial charge in [-0.15, -0.1) is 0 Å². The molecular formula is C22H45NO5S. The van der Waals surface area contributed by atoms with Crippen molar-refractivity contribution in [2.24, 2.45) is 0 Å². The summed E-state index contributed by atoms with van der Waals surface area (Å²) >= 11 is 0. The first-order chi connectivity index (χ1) is 13.2. The largest absolute Gasteiger partial charge is 0.726 e. The van der Waals surface area contributed by atoms with Gasteiger partial charge in [-0.05, 0) is 46.0 Å². The first kappa shape index (κ1) is 30.4. The Morgan fingerprint density at radius 1 is 0.862 bits per heavy atom. The lowest BCUT2D eigenvalue weighted by molar-refractivity contribution is -0.122. The van der Waals surface area contributed by atoms with Crippen molar-refractivity contribution in [3.05, 3.63) is 12.2 Å². The molecule has 0 heterocycles. The van der Waals surface area contributed by atoms with Crippen LogP contribution in [0.1, 0.15) is 117 Å². The van der Waals surface area contributed by atoms with E-state index in [1.807, 2.05) is 0 Å². The molecule has 0 unspecified atom stereocenters. The molecule has 0 aromatic carbocycles. The van der Waals surface area contributed by atoms with Crippen molar-refractivity contribution in [1.82, 2.24) is 6.15 Å². The number of allylic oxidation sites excluding steroid dienone is 2. The van der Waals surface area contributed by atoms with E-state index in [4.69, 9.17) is 0 Å². The van der Waals surface area contributed by atoms with Gasteiger partial charge in [0.05, 0.1) is 5.60 Å². The van der Waals surface area contributed by atoms with Gasteiger partial charge in [0.25, 0.3) is 0 Å². The van der Waals surface area contributed by atoms with E-state index in [2.05, 4.69) is 23.3 Å². The summed E-state index contributed by atoms with van der Waals surface area (Å²) in [5, 5.41) is 0. The quantitative estimate of drug-likeness (QED) is 0.106. The minimum atomic E-state index is -4.79. The van der Waals surface area contributed by atoms with Crippen LogP contribution in [0.5, 0.6) is 0 Å². The first-order valence-corrected chi connectivity index (χ1v) is 12.3. The topological polar surface area (TPSA) is 120 Å². The Morgan fingerprint density at radius 2 is 1.31 bits per heavy atom. The second-order valence-corrected chi connectivity index (χ2v) is 9.28. The van der Waals surface area contributed by atoms with Gasteiger partial charge in [0, 0.05) is 12.8 Å². The van der Waals surface area contributed by atoms with E-state index in [9.17, 15) is 17.8 Å². The third kappa shape index (κ3) is 23.4. The monoisotopic (exact) mass is 435 g/mol. The van der Waals surface area contributed by atoms with E-state index in [-0.39, 0.29) is 18.4 Å². The zero-order valence-electron chi connectivity index (χ0n) is 19.2. The van der Waals surface area contributed by atoms with E-state index in [0.29, 0.717) is 6.42 Å². The molecule has 0 bridgehead atoms. The Labute approximate surface area is 179 Å². The molecule has 29 heavy (non-hydrogen) atoms. The third-order valence-corrected chi connectivity index (χ3v) is 5.32. The van der Waals surface area contributed by atoms with E-state index in [1.54, 1.807) is 0 Å². The summed E-state index contributed by atoms with van der Waals surface area (Å²) in [6.07, 6.45) is 20.6. The zero-order chi connectivity index (χ0) is 21.3. The minimum absolute atomic E-state index is 0. The number of quaternary nitrogens is 1. The van der Waals surface area contributed by atoms with Crippen LogP contribution in [0.25, 0.3) is 0 Å². The van der Waals surface area contributed by atoms with Crippen molar-refractivity contribution in [3.8, 4) is 0 Å². The molecule has 0 radical (unpaired) electrons. The summed E-state index contributed by atoms with van der Waals surface area (Å²) in [5.41, 5.74) is -1.26. The predicted molar refractivity (Wildman–Crippen MR) is 120 cm³/mol. The summed E-state index contributed by atoms with van der Waals surface area (Å²) < 4.78 is 36.3. The van der Waals surface area contributed by atoms with Crippen LogP contribution >= 0.6 is 0 Å². The van der Waals surface area contributed by atoms with Gasteiger partial charge in [0.2, 0.25) is 10.4 Å². The molecule has 0 aliphatic carbocycles. The lowest BCUT2D eigenvalue weighted by atomic mass is 9.98. The maximum absolute atomic E-state index is 11.9. The maximum atomic E-state index is 11.9. The normalized spacial score (nSPS) is 12.3. The highest BCUT2D eigenvalue weighted by atomic mass is 32.3. The second-order valence-electron chi connectivity index (χ2n) is 8.30. The average molecular weight is 436 g/mol. The number of carbonyl (C=O) groups excluding carboxylic acids is 1. The molecule has 4 N–H and O–H groups in total. The fourth-order valence-corrected chi connectivity index (χ4v) is 3.87. The molecule has 0 aromatic rings. The Bertz CT molecular complexity index is 529. The molecule has 7 heteroatoms. The summed E-state index contributed by atoms with van der Waals surface area (Å²) in [6.45, 7) is 5.13. The Balaban J connectivity index is 0. The number of unbranched alkanes of at least 4 members (excludes halogenated alkanes) is 11. The van der Waals surface area contributed by atoms with E-state index in [0.717, 1.165) is 25.7 Å². The highest BCUT2D eigenvalue weighted by molar-refractivity contribution is 7.80. The molecule has 0 rings (SSSR count). The molecule has 0 aliphatic heterocycles. The summed E-state index contributed by atoms with van der Waals surface area (Å²) in [4.78, 5) is 11.9. The predicted octanol–water partition coefficient (Wildman–Crippen LogP) is 6.61. The first-order valence-electron chi connectivity index (χ1n) is 11.0. The van der Waals surface area contributed by atoms with Gasteiger partial charge in [-0.25, -0.2) is 8.42 Å². The number of rotatable bonds is 19. The van der Waals surface area contributed by atoms with Crippen molar-refractivity contribution in [2.75, 3.05) is 0 Å². The fourth-order valence-electron chi connectivity index (χ4n) is 3.26. The smallest absolute Gasteiger partial charge is 0.218 e. The number of hydrogen-bond donors (Lipinski definition) is 1. The van der Waals surface area contributed by atoms with E-state index < -0.39 is 16.0 Å². The second kappa shape index (κ2) is 18.0. The van der Waals surface area contributed by atoms with Crippen molar-refractivity contribution in [2.45, 2.75) is 123 Å². The third-order valence-electron chi connectivity index (χ3n) is 4.67. The summed E-state index contributed by atoms with van der Waals surface area (Å²) in [5.74, 6) is -0.0636. The van der Waals surface area contributed by atoms with Crippen LogP contribution in [0.15, 0.2) is 12.2 Å². The van der Waals surface area contributed by atoms with Crippen molar-refractivity contribution < 1.29 is 21.9 Å². The number of carbonyl (C=O) groups is 1. The highest BCUT2D eigenvalue weighted by Crippen LogP contribution is 2.19. The average Bonchev–Trinajstić information content (AvgIpc) is 2.55. The Kier molecular flexibility index (Phi) is 18.9. The maximum Gasteiger partial charge on any atom is 0.218 e. The summed E-state index contributed by atoms with van der Waals surface area (Å²) in [7, 11) is -4.79. The van der Waals surface area contributed by atoms with Crippen LogP contribution in [-0.4, -0.2) is 24.4 Å². The molecule has 0 amide bonds. The van der Waals surface area contributed by atoms with E-state index >= 15 is 0 Å². The molecule has 0 saturated heterocycles. The molecule has 0 fully saturated rings. The van der Waals surface area contributed by atoms with Crippen molar-refractivity contribution in [1.29, 1.82) is 0 Å². The molecule has 174 valence electrons. The molecule has 0 spiro atoms.